The Hall–Kier alpha value is -4.99. The molecule has 2 aliphatic rings. The van der Waals surface area contributed by atoms with E-state index in [1.165, 1.54) is 4.90 Å². The maximum absolute atomic E-state index is 13.3. The number of anilines is 2. The zero-order chi connectivity index (χ0) is 28.7. The summed E-state index contributed by atoms with van der Waals surface area (Å²) in [4.78, 5) is 39.5. The molecule has 41 heavy (non-hydrogen) atoms. The summed E-state index contributed by atoms with van der Waals surface area (Å²) in [5.41, 5.74) is 4.78. The number of carbonyl (C=O) groups is 2. The summed E-state index contributed by atoms with van der Waals surface area (Å²) in [6, 6.07) is 17.9. The van der Waals surface area contributed by atoms with E-state index in [1.807, 2.05) is 60.4 Å². The predicted octanol–water partition coefficient (Wildman–Crippen LogP) is 4.48. The molecule has 0 aliphatic carbocycles. The molecule has 10 nitrogen and oxygen atoms in total. The Morgan fingerprint density at radius 2 is 1.61 bits per heavy atom. The monoisotopic (exact) mass is 550 g/mol. The molecule has 0 spiro atoms. The minimum Gasteiger partial charge on any atom is -0.497 e. The third kappa shape index (κ3) is 4.82. The van der Waals surface area contributed by atoms with E-state index < -0.39 is 6.04 Å². The Bertz CT molecular complexity index is 1630. The van der Waals surface area contributed by atoms with Gasteiger partial charge in [-0.3, -0.25) is 24.5 Å². The number of likely N-dealkylation sites (N-methyl/N-ethyl adjacent to an activating group) is 1. The predicted molar refractivity (Wildman–Crippen MR) is 156 cm³/mol. The highest BCUT2D eigenvalue weighted by Gasteiger charge is 2.39. The molecule has 6 rings (SSSR count). The van der Waals surface area contributed by atoms with Crippen LogP contribution in [0.15, 0.2) is 72.0 Å². The summed E-state index contributed by atoms with van der Waals surface area (Å²) >= 11 is 0. The number of ether oxygens (including phenoxy) is 2. The molecule has 0 fully saturated rings. The molecule has 208 valence electrons. The van der Waals surface area contributed by atoms with Crippen molar-refractivity contribution in [1.29, 1.82) is 0 Å². The SMILES string of the molecule is COc1cc(OC)cc(N(CC(C)N2C(=O)c3ccccc3C2=O)c2ccc3ncc(C4C=NN(C)C4)nc3c2)c1. The quantitative estimate of drug-likeness (QED) is 0.296. The van der Waals surface area contributed by atoms with Crippen LogP contribution in [0.5, 0.6) is 11.5 Å². The lowest BCUT2D eigenvalue weighted by Gasteiger charge is -2.32. The topological polar surface area (TPSA) is 100 Å². The summed E-state index contributed by atoms with van der Waals surface area (Å²) < 4.78 is 11.1. The Labute approximate surface area is 237 Å². The lowest BCUT2D eigenvalue weighted by Crippen LogP contribution is -2.44. The van der Waals surface area contributed by atoms with Gasteiger partial charge in [-0.25, -0.2) is 4.98 Å². The average molecular weight is 551 g/mol. The lowest BCUT2D eigenvalue weighted by atomic mass is 10.1. The summed E-state index contributed by atoms with van der Waals surface area (Å²) in [5.74, 6) is 0.709. The van der Waals surface area contributed by atoms with Gasteiger partial charge in [0.25, 0.3) is 11.8 Å². The van der Waals surface area contributed by atoms with E-state index in [2.05, 4.69) is 10.1 Å². The minimum absolute atomic E-state index is 0.0631. The largest absolute Gasteiger partial charge is 0.497 e. The molecule has 0 saturated carbocycles. The number of aromatic nitrogens is 2. The normalized spacial score (nSPS) is 16.8. The van der Waals surface area contributed by atoms with E-state index in [1.54, 1.807) is 50.7 Å². The van der Waals surface area contributed by atoms with Crippen LogP contribution in [-0.2, 0) is 0 Å². The van der Waals surface area contributed by atoms with Gasteiger partial charge in [-0.15, -0.1) is 0 Å². The fourth-order valence-corrected chi connectivity index (χ4v) is 5.37. The van der Waals surface area contributed by atoms with Gasteiger partial charge in [0.05, 0.1) is 54.0 Å². The van der Waals surface area contributed by atoms with E-state index in [4.69, 9.17) is 14.5 Å². The van der Waals surface area contributed by atoms with Crippen molar-refractivity contribution in [2.45, 2.75) is 18.9 Å². The van der Waals surface area contributed by atoms with E-state index in [9.17, 15) is 9.59 Å². The molecule has 0 bridgehead atoms. The van der Waals surface area contributed by atoms with E-state index in [0.717, 1.165) is 34.6 Å². The number of hydrogen-bond acceptors (Lipinski definition) is 9. The summed E-state index contributed by atoms with van der Waals surface area (Å²) in [6.07, 6.45) is 3.69. The zero-order valence-electron chi connectivity index (χ0n) is 23.3. The first-order valence-electron chi connectivity index (χ1n) is 13.4. The molecule has 2 amide bonds. The summed E-state index contributed by atoms with van der Waals surface area (Å²) in [5, 5.41) is 6.22. The number of hydrogen-bond donors (Lipinski definition) is 0. The second kappa shape index (κ2) is 10.5. The van der Waals surface area contributed by atoms with Crippen molar-refractivity contribution in [2.75, 3.05) is 39.3 Å². The number of benzene rings is 3. The van der Waals surface area contributed by atoms with Crippen molar-refractivity contribution in [3.63, 3.8) is 0 Å². The van der Waals surface area contributed by atoms with Crippen LogP contribution in [0, 0.1) is 0 Å². The Kier molecular flexibility index (Phi) is 6.74. The second-order valence-electron chi connectivity index (χ2n) is 10.2. The number of carbonyl (C=O) groups excluding carboxylic acids is 2. The van der Waals surface area contributed by atoms with Crippen molar-refractivity contribution in [1.82, 2.24) is 19.9 Å². The highest BCUT2D eigenvalue weighted by molar-refractivity contribution is 6.21. The molecule has 0 saturated heterocycles. The molecular weight excluding hydrogens is 520 g/mol. The summed E-state index contributed by atoms with van der Waals surface area (Å²) in [6.45, 7) is 2.94. The Balaban J connectivity index is 1.40. The van der Waals surface area contributed by atoms with Gasteiger partial charge < -0.3 is 14.4 Å². The highest BCUT2D eigenvalue weighted by Crippen LogP contribution is 2.35. The maximum atomic E-state index is 13.3. The number of rotatable bonds is 8. The molecule has 10 heteroatoms. The number of methoxy groups -OCH3 is 2. The van der Waals surface area contributed by atoms with E-state index in [-0.39, 0.29) is 17.7 Å². The third-order valence-electron chi connectivity index (χ3n) is 7.50. The average Bonchev–Trinajstić information content (AvgIpc) is 3.55. The number of hydrazone groups is 1. The van der Waals surface area contributed by atoms with Crippen LogP contribution < -0.4 is 14.4 Å². The number of fused-ring (bicyclic) bond motifs is 2. The molecule has 3 aromatic carbocycles. The number of amides is 2. The van der Waals surface area contributed by atoms with Gasteiger partial charge in [0.1, 0.15) is 11.5 Å². The third-order valence-corrected chi connectivity index (χ3v) is 7.50. The Morgan fingerprint density at radius 1 is 0.927 bits per heavy atom. The van der Waals surface area contributed by atoms with Crippen LogP contribution in [0.1, 0.15) is 39.3 Å². The van der Waals surface area contributed by atoms with E-state index >= 15 is 0 Å². The van der Waals surface area contributed by atoms with Crippen molar-refractivity contribution in [2.24, 2.45) is 5.10 Å². The van der Waals surface area contributed by atoms with Gasteiger partial charge in [0, 0.05) is 62.1 Å². The van der Waals surface area contributed by atoms with Crippen LogP contribution in [0.2, 0.25) is 0 Å². The van der Waals surface area contributed by atoms with Gasteiger partial charge >= 0.3 is 0 Å². The molecule has 0 N–H and O–H groups in total. The van der Waals surface area contributed by atoms with Gasteiger partial charge in [-0.05, 0) is 37.3 Å². The number of nitrogens with zero attached hydrogens (tertiary/aromatic N) is 6. The molecule has 2 aliphatic heterocycles. The number of imide groups is 1. The first kappa shape index (κ1) is 26.2. The highest BCUT2D eigenvalue weighted by atomic mass is 16.5. The van der Waals surface area contributed by atoms with Crippen LogP contribution in [0.25, 0.3) is 11.0 Å². The van der Waals surface area contributed by atoms with Gasteiger partial charge in [0.2, 0.25) is 0 Å². The van der Waals surface area contributed by atoms with Gasteiger partial charge in [0.15, 0.2) is 0 Å². The van der Waals surface area contributed by atoms with Crippen molar-refractivity contribution >= 4 is 40.4 Å². The maximum Gasteiger partial charge on any atom is 0.261 e. The molecule has 3 heterocycles. The lowest BCUT2D eigenvalue weighted by molar-refractivity contribution is 0.0602. The molecule has 1 aromatic heterocycles. The fraction of sp³-hybridized carbons (Fsp3) is 0.258. The second-order valence-corrected chi connectivity index (χ2v) is 10.2. The molecule has 0 radical (unpaired) electrons. The van der Waals surface area contributed by atoms with Crippen molar-refractivity contribution < 1.29 is 19.1 Å². The minimum atomic E-state index is -0.460. The van der Waals surface area contributed by atoms with Crippen LogP contribution in [-0.4, -0.2) is 78.3 Å². The smallest absolute Gasteiger partial charge is 0.261 e. The van der Waals surface area contributed by atoms with Gasteiger partial charge in [-0.1, -0.05) is 12.1 Å². The zero-order valence-corrected chi connectivity index (χ0v) is 23.3. The molecule has 2 unspecified atom stereocenters. The van der Waals surface area contributed by atoms with Crippen LogP contribution >= 0.6 is 0 Å². The van der Waals surface area contributed by atoms with Crippen LogP contribution in [0.4, 0.5) is 11.4 Å². The first-order valence-corrected chi connectivity index (χ1v) is 13.4. The standard InChI is InChI=1S/C31H30N6O4/c1-19(37-30(38)25-7-5-6-8-26(25)31(37)39)17-36(22-11-23(40-3)14-24(12-22)41-4)21-9-10-27-28(13-21)34-29(16-32-27)20-15-33-35(2)18-20/h5-16,19-20H,17-18H2,1-4H3. The fourth-order valence-electron chi connectivity index (χ4n) is 5.37. The first-order chi connectivity index (χ1) is 19.9. The molecular formula is C31H30N6O4. The van der Waals surface area contributed by atoms with Gasteiger partial charge in [-0.2, -0.15) is 5.10 Å². The Morgan fingerprint density at radius 3 is 2.22 bits per heavy atom. The molecule has 2 atom stereocenters. The molecule has 4 aromatic rings. The van der Waals surface area contributed by atoms with Crippen molar-refractivity contribution in [3.05, 3.63) is 83.7 Å². The summed E-state index contributed by atoms with van der Waals surface area (Å²) in [7, 11) is 5.13. The van der Waals surface area contributed by atoms with Crippen LogP contribution in [0.3, 0.4) is 0 Å². The van der Waals surface area contributed by atoms with Crippen molar-refractivity contribution in [3.8, 4) is 11.5 Å². The van der Waals surface area contributed by atoms with E-state index in [0.29, 0.717) is 29.2 Å².